The Morgan fingerprint density at radius 3 is 2.65 bits per heavy atom. The summed E-state index contributed by atoms with van der Waals surface area (Å²) in [5, 5.41) is 2.80. The van der Waals surface area contributed by atoms with Crippen molar-refractivity contribution in [2.24, 2.45) is 0 Å². The van der Waals surface area contributed by atoms with Crippen molar-refractivity contribution in [3.05, 3.63) is 59.9 Å². The third kappa shape index (κ3) is 5.32. The fraction of sp³-hybridized carbons (Fsp3) is 0.294. The zero-order chi connectivity index (χ0) is 16.7. The molecule has 1 aromatic heterocycles. The number of benzene rings is 1. The topological polar surface area (TPSA) is 45.2 Å². The van der Waals surface area contributed by atoms with E-state index in [1.807, 2.05) is 12.1 Å². The van der Waals surface area contributed by atoms with Gasteiger partial charge in [-0.15, -0.1) is 0 Å². The van der Waals surface area contributed by atoms with Gasteiger partial charge in [-0.05, 0) is 36.2 Å². The molecule has 0 aliphatic heterocycles. The van der Waals surface area contributed by atoms with E-state index in [9.17, 15) is 13.6 Å². The summed E-state index contributed by atoms with van der Waals surface area (Å²) < 4.78 is 26.2. The Morgan fingerprint density at radius 1 is 1.22 bits per heavy atom. The minimum Gasteiger partial charge on any atom is -0.382 e. The third-order valence-corrected chi connectivity index (χ3v) is 3.50. The lowest BCUT2D eigenvalue weighted by Crippen LogP contribution is -2.30. The molecule has 0 atom stereocenters. The molecular weight excluding hydrogens is 300 g/mol. The number of amides is 1. The maximum Gasteiger partial charge on any atom is 0.224 e. The van der Waals surface area contributed by atoms with Gasteiger partial charge < -0.3 is 10.2 Å². The van der Waals surface area contributed by atoms with Crippen molar-refractivity contribution in [1.82, 2.24) is 9.88 Å². The van der Waals surface area contributed by atoms with Crippen molar-refractivity contribution >= 4 is 11.6 Å². The molecule has 122 valence electrons. The lowest BCUT2D eigenvalue weighted by atomic mass is 10.2. The van der Waals surface area contributed by atoms with Crippen LogP contribution in [0.1, 0.15) is 12.0 Å². The Bertz CT molecular complexity index is 650. The number of pyridine rings is 1. The van der Waals surface area contributed by atoms with Crippen molar-refractivity contribution in [3.63, 3.8) is 0 Å². The molecule has 2 rings (SSSR count). The molecule has 0 aliphatic rings. The molecule has 1 amide bonds. The predicted octanol–water partition coefficient (Wildman–Crippen LogP) is 2.86. The quantitative estimate of drug-likeness (QED) is 0.853. The van der Waals surface area contributed by atoms with E-state index >= 15 is 0 Å². The Labute approximate surface area is 134 Å². The molecule has 0 saturated carbocycles. The number of rotatable bonds is 7. The average Bonchev–Trinajstić information content (AvgIpc) is 2.55. The van der Waals surface area contributed by atoms with Crippen LogP contribution < -0.4 is 5.32 Å². The molecule has 23 heavy (non-hydrogen) atoms. The van der Waals surface area contributed by atoms with Crippen molar-refractivity contribution < 1.29 is 13.6 Å². The first kappa shape index (κ1) is 16.9. The van der Waals surface area contributed by atoms with E-state index in [4.69, 9.17) is 0 Å². The summed E-state index contributed by atoms with van der Waals surface area (Å²) >= 11 is 0. The van der Waals surface area contributed by atoms with Gasteiger partial charge >= 0.3 is 0 Å². The zero-order valence-electron chi connectivity index (χ0n) is 12.9. The van der Waals surface area contributed by atoms with Gasteiger partial charge in [0.05, 0.1) is 5.69 Å². The molecule has 4 nitrogen and oxygen atoms in total. The van der Waals surface area contributed by atoms with Crippen LogP contribution in [0.15, 0.2) is 42.7 Å². The lowest BCUT2D eigenvalue weighted by molar-refractivity contribution is -0.129. The zero-order valence-corrected chi connectivity index (χ0v) is 12.9. The van der Waals surface area contributed by atoms with Crippen LogP contribution >= 0.6 is 0 Å². The van der Waals surface area contributed by atoms with Crippen molar-refractivity contribution in [1.29, 1.82) is 0 Å². The SMILES string of the molecule is CN(CCc1ccncc1)C(=O)CCNc1ccc(F)cc1F. The van der Waals surface area contributed by atoms with Gasteiger partial charge in [-0.3, -0.25) is 9.78 Å². The molecule has 0 saturated heterocycles. The van der Waals surface area contributed by atoms with Crippen molar-refractivity contribution in [2.75, 3.05) is 25.5 Å². The van der Waals surface area contributed by atoms with E-state index in [1.165, 1.54) is 12.1 Å². The van der Waals surface area contributed by atoms with E-state index in [-0.39, 0.29) is 18.0 Å². The smallest absolute Gasteiger partial charge is 0.224 e. The minimum atomic E-state index is -0.663. The lowest BCUT2D eigenvalue weighted by Gasteiger charge is -2.17. The highest BCUT2D eigenvalue weighted by Gasteiger charge is 2.09. The number of carbonyl (C=O) groups is 1. The Kier molecular flexibility index (Phi) is 6.02. The van der Waals surface area contributed by atoms with Gasteiger partial charge in [0.25, 0.3) is 0 Å². The van der Waals surface area contributed by atoms with Gasteiger partial charge in [-0.25, -0.2) is 8.78 Å². The van der Waals surface area contributed by atoms with Gasteiger partial charge in [0.2, 0.25) is 5.91 Å². The molecule has 0 fully saturated rings. The fourth-order valence-electron chi connectivity index (χ4n) is 2.10. The van der Waals surface area contributed by atoms with Crippen LogP contribution in [-0.2, 0) is 11.2 Å². The van der Waals surface area contributed by atoms with Crippen LogP contribution in [0.4, 0.5) is 14.5 Å². The van der Waals surface area contributed by atoms with Gasteiger partial charge in [-0.1, -0.05) is 0 Å². The Hall–Kier alpha value is -2.50. The number of nitrogens with zero attached hydrogens (tertiary/aromatic N) is 2. The molecule has 6 heteroatoms. The second kappa shape index (κ2) is 8.22. The molecule has 0 radical (unpaired) electrons. The minimum absolute atomic E-state index is 0.0333. The maximum atomic E-state index is 13.4. The number of anilines is 1. The number of hydrogen-bond donors (Lipinski definition) is 1. The van der Waals surface area contributed by atoms with Crippen LogP contribution in [-0.4, -0.2) is 35.9 Å². The van der Waals surface area contributed by atoms with Crippen LogP contribution in [0.5, 0.6) is 0 Å². The monoisotopic (exact) mass is 319 g/mol. The molecular formula is C17H19F2N3O. The highest BCUT2D eigenvalue weighted by Crippen LogP contribution is 2.14. The predicted molar refractivity (Wildman–Crippen MR) is 85.0 cm³/mol. The normalized spacial score (nSPS) is 10.4. The fourth-order valence-corrected chi connectivity index (χ4v) is 2.10. The molecule has 0 bridgehead atoms. The summed E-state index contributed by atoms with van der Waals surface area (Å²) in [5.74, 6) is -1.32. The summed E-state index contributed by atoms with van der Waals surface area (Å²) in [6.45, 7) is 0.898. The number of carbonyl (C=O) groups excluding carboxylic acids is 1. The molecule has 0 spiro atoms. The molecule has 1 N–H and O–H groups in total. The van der Waals surface area contributed by atoms with E-state index in [0.29, 0.717) is 13.1 Å². The summed E-state index contributed by atoms with van der Waals surface area (Å²) in [5.41, 5.74) is 1.31. The summed E-state index contributed by atoms with van der Waals surface area (Å²) in [6.07, 6.45) is 4.44. The number of likely N-dealkylation sites (N-methyl/N-ethyl adjacent to an activating group) is 1. The first-order valence-corrected chi connectivity index (χ1v) is 7.38. The van der Waals surface area contributed by atoms with Crippen molar-refractivity contribution in [3.8, 4) is 0 Å². The van der Waals surface area contributed by atoms with E-state index in [1.54, 1.807) is 24.3 Å². The molecule has 2 aromatic rings. The number of halogens is 2. The molecule has 0 aliphatic carbocycles. The first-order valence-electron chi connectivity index (χ1n) is 7.38. The van der Waals surface area contributed by atoms with Crippen molar-refractivity contribution in [2.45, 2.75) is 12.8 Å². The molecule has 1 aromatic carbocycles. The van der Waals surface area contributed by atoms with E-state index in [2.05, 4.69) is 10.3 Å². The second-order valence-electron chi connectivity index (χ2n) is 5.22. The highest BCUT2D eigenvalue weighted by atomic mass is 19.1. The third-order valence-electron chi connectivity index (χ3n) is 3.50. The molecule has 0 unspecified atom stereocenters. The van der Waals surface area contributed by atoms with Gasteiger partial charge in [-0.2, -0.15) is 0 Å². The summed E-state index contributed by atoms with van der Waals surface area (Å²) in [6, 6.07) is 7.13. The summed E-state index contributed by atoms with van der Waals surface area (Å²) in [7, 11) is 1.74. The van der Waals surface area contributed by atoms with Crippen LogP contribution in [0.2, 0.25) is 0 Å². The number of nitrogens with one attached hydrogen (secondary N) is 1. The van der Waals surface area contributed by atoms with Crippen LogP contribution in [0.25, 0.3) is 0 Å². The second-order valence-corrected chi connectivity index (χ2v) is 5.22. The standard InChI is InChI=1S/C17H19F2N3O/c1-22(11-7-13-4-8-20-9-5-13)17(23)6-10-21-16-3-2-14(18)12-15(16)19/h2-5,8-9,12,21H,6-7,10-11H2,1H3. The van der Waals surface area contributed by atoms with E-state index < -0.39 is 11.6 Å². The number of aromatic nitrogens is 1. The van der Waals surface area contributed by atoms with Crippen LogP contribution in [0, 0.1) is 11.6 Å². The largest absolute Gasteiger partial charge is 0.382 e. The van der Waals surface area contributed by atoms with Gasteiger partial charge in [0.15, 0.2) is 0 Å². The Morgan fingerprint density at radius 2 is 1.96 bits per heavy atom. The van der Waals surface area contributed by atoms with Gasteiger partial charge in [0.1, 0.15) is 11.6 Å². The van der Waals surface area contributed by atoms with Gasteiger partial charge in [0, 0.05) is 45.0 Å². The summed E-state index contributed by atoms with van der Waals surface area (Å²) in [4.78, 5) is 17.6. The number of hydrogen-bond acceptors (Lipinski definition) is 3. The van der Waals surface area contributed by atoms with Crippen LogP contribution in [0.3, 0.4) is 0 Å². The van der Waals surface area contributed by atoms with E-state index in [0.717, 1.165) is 18.1 Å². The first-order chi connectivity index (χ1) is 11.1. The average molecular weight is 319 g/mol. The highest BCUT2D eigenvalue weighted by molar-refractivity contribution is 5.76. The Balaban J connectivity index is 1.73. The maximum absolute atomic E-state index is 13.4. The molecule has 1 heterocycles.